The number of amides is 2. The number of hydrogen-bond acceptors (Lipinski definition) is 7. The highest BCUT2D eigenvalue weighted by Gasteiger charge is 2.34. The number of halogens is 1. The van der Waals surface area contributed by atoms with Gasteiger partial charge in [0.15, 0.2) is 0 Å². The Bertz CT molecular complexity index is 1300. The second-order valence-electron chi connectivity index (χ2n) is 7.16. The number of nitrogens with zero attached hydrogens (tertiary/aromatic N) is 2. The fourth-order valence-corrected chi connectivity index (χ4v) is 3.92. The van der Waals surface area contributed by atoms with Gasteiger partial charge >= 0.3 is 5.97 Å². The zero-order valence-corrected chi connectivity index (χ0v) is 18.2. The van der Waals surface area contributed by atoms with E-state index in [1.54, 1.807) is 18.2 Å². The lowest BCUT2D eigenvalue weighted by Gasteiger charge is -2.12. The van der Waals surface area contributed by atoms with Crippen molar-refractivity contribution in [3.63, 3.8) is 0 Å². The van der Waals surface area contributed by atoms with Gasteiger partial charge in [0, 0.05) is 12.1 Å². The minimum Gasteiger partial charge on any atom is -0.423 e. The van der Waals surface area contributed by atoms with Gasteiger partial charge in [-0.15, -0.1) is 0 Å². The molecule has 170 valence electrons. The smallest absolute Gasteiger partial charge is 0.343 e. The molecular weight excluding hydrogens is 463 g/mol. The Morgan fingerprint density at radius 1 is 1.00 bits per heavy atom. The van der Waals surface area contributed by atoms with E-state index < -0.39 is 27.9 Å². The minimum absolute atomic E-state index is 0.0415. The van der Waals surface area contributed by atoms with Crippen LogP contribution in [0.2, 0.25) is 0 Å². The lowest BCUT2D eigenvalue weighted by Crippen LogP contribution is -2.27. The van der Waals surface area contributed by atoms with Gasteiger partial charge < -0.3 is 4.74 Å². The molecule has 0 aromatic heterocycles. The highest BCUT2D eigenvalue weighted by Crippen LogP contribution is 2.33. The number of imide groups is 1. The Balaban J connectivity index is 1.41. The molecule has 1 saturated heterocycles. The first-order valence-electron chi connectivity index (χ1n) is 9.87. The van der Waals surface area contributed by atoms with Crippen LogP contribution in [0.4, 0.5) is 14.9 Å². The molecule has 1 aliphatic rings. The van der Waals surface area contributed by atoms with Crippen molar-refractivity contribution in [2.75, 3.05) is 0 Å². The molecule has 0 spiro atoms. The van der Waals surface area contributed by atoms with E-state index in [1.807, 2.05) is 0 Å². The number of ether oxygens (including phenoxy) is 1. The van der Waals surface area contributed by atoms with Crippen LogP contribution in [0.5, 0.6) is 5.75 Å². The van der Waals surface area contributed by atoms with Crippen LogP contribution in [0.1, 0.15) is 21.5 Å². The van der Waals surface area contributed by atoms with Crippen molar-refractivity contribution < 1.29 is 28.4 Å². The van der Waals surface area contributed by atoms with Gasteiger partial charge in [-0.2, -0.15) is 0 Å². The Kier molecular flexibility index (Phi) is 6.51. The van der Waals surface area contributed by atoms with Gasteiger partial charge in [-0.05, 0) is 65.4 Å². The summed E-state index contributed by atoms with van der Waals surface area (Å²) in [6, 6.07) is 16.9. The zero-order chi connectivity index (χ0) is 24.2. The van der Waals surface area contributed by atoms with Gasteiger partial charge in [0.2, 0.25) is 0 Å². The van der Waals surface area contributed by atoms with Gasteiger partial charge in [0.25, 0.3) is 16.8 Å². The summed E-state index contributed by atoms with van der Waals surface area (Å²) in [5.74, 6) is -1.29. The average molecular weight is 478 g/mol. The van der Waals surface area contributed by atoms with Gasteiger partial charge in [-0.1, -0.05) is 24.3 Å². The number of nitro benzene ring substituents is 1. The zero-order valence-electron chi connectivity index (χ0n) is 17.3. The first-order chi connectivity index (χ1) is 16.3. The number of thioether (sulfide) groups is 1. The SMILES string of the molecule is O=C(Oc1ccc(/C=C2\SC(=O)N(Cc3ccc(F)cc3)C2=O)cc1)c1ccc([N+](=O)[O-])cc1. The van der Waals surface area contributed by atoms with Crippen LogP contribution in [0.15, 0.2) is 77.7 Å². The number of rotatable bonds is 6. The average Bonchev–Trinajstić information content (AvgIpc) is 3.09. The Hall–Kier alpha value is -4.31. The lowest BCUT2D eigenvalue weighted by atomic mass is 10.2. The van der Waals surface area contributed by atoms with Gasteiger partial charge in [-0.3, -0.25) is 24.6 Å². The fraction of sp³-hybridized carbons (Fsp3) is 0.0417. The molecule has 0 saturated carbocycles. The number of carbonyl (C=O) groups is 3. The number of non-ortho nitro benzene ring substituents is 1. The van der Waals surface area contributed by atoms with Gasteiger partial charge in [0.1, 0.15) is 11.6 Å². The number of hydrogen-bond donors (Lipinski definition) is 0. The van der Waals surface area contributed by atoms with Crippen LogP contribution in [0.3, 0.4) is 0 Å². The van der Waals surface area contributed by atoms with Crippen molar-refractivity contribution in [3.8, 4) is 5.75 Å². The van der Waals surface area contributed by atoms with Crippen LogP contribution in [0.25, 0.3) is 6.08 Å². The van der Waals surface area contributed by atoms with Gasteiger partial charge in [-0.25, -0.2) is 9.18 Å². The maximum Gasteiger partial charge on any atom is 0.343 e. The van der Waals surface area contributed by atoms with Crippen molar-refractivity contribution in [2.45, 2.75) is 6.54 Å². The normalized spacial score (nSPS) is 14.5. The van der Waals surface area contributed by atoms with Crippen molar-refractivity contribution in [2.24, 2.45) is 0 Å². The molecule has 2 amide bonds. The number of carbonyl (C=O) groups excluding carboxylic acids is 3. The first-order valence-corrected chi connectivity index (χ1v) is 10.7. The van der Waals surface area contributed by atoms with E-state index >= 15 is 0 Å². The predicted molar refractivity (Wildman–Crippen MR) is 122 cm³/mol. The summed E-state index contributed by atoms with van der Waals surface area (Å²) in [5.41, 5.74) is 1.26. The summed E-state index contributed by atoms with van der Waals surface area (Å²) in [6.45, 7) is 0.0415. The molecule has 4 rings (SSSR count). The Labute approximate surface area is 196 Å². The molecule has 0 N–H and O–H groups in total. The van der Waals surface area contributed by atoms with E-state index in [2.05, 4.69) is 0 Å². The maximum absolute atomic E-state index is 13.1. The molecule has 0 radical (unpaired) electrons. The summed E-state index contributed by atoms with van der Waals surface area (Å²) < 4.78 is 18.3. The molecule has 10 heteroatoms. The highest BCUT2D eigenvalue weighted by molar-refractivity contribution is 8.18. The molecule has 34 heavy (non-hydrogen) atoms. The van der Waals surface area contributed by atoms with Crippen LogP contribution < -0.4 is 4.74 Å². The van der Waals surface area contributed by atoms with E-state index in [1.165, 1.54) is 60.7 Å². The molecule has 1 fully saturated rings. The molecule has 8 nitrogen and oxygen atoms in total. The van der Waals surface area contributed by atoms with Crippen molar-refractivity contribution >= 4 is 40.6 Å². The third-order valence-corrected chi connectivity index (χ3v) is 5.74. The van der Waals surface area contributed by atoms with Crippen molar-refractivity contribution in [1.82, 2.24) is 4.90 Å². The molecule has 3 aromatic carbocycles. The van der Waals surface area contributed by atoms with E-state index in [0.29, 0.717) is 11.1 Å². The summed E-state index contributed by atoms with van der Waals surface area (Å²) in [6.07, 6.45) is 1.55. The molecule has 3 aromatic rings. The van der Waals surface area contributed by atoms with E-state index in [-0.39, 0.29) is 28.5 Å². The number of esters is 1. The summed E-state index contributed by atoms with van der Waals surface area (Å²) >= 11 is 0.805. The topological polar surface area (TPSA) is 107 Å². The molecule has 0 unspecified atom stereocenters. The Morgan fingerprint density at radius 2 is 1.65 bits per heavy atom. The highest BCUT2D eigenvalue weighted by atomic mass is 32.2. The molecular formula is C24H15FN2O6S. The third kappa shape index (κ3) is 5.18. The van der Waals surface area contributed by atoms with E-state index in [9.17, 15) is 28.9 Å². The summed E-state index contributed by atoms with van der Waals surface area (Å²) in [4.78, 5) is 48.6. The number of benzene rings is 3. The van der Waals surface area contributed by atoms with Crippen LogP contribution in [0, 0.1) is 15.9 Å². The quantitative estimate of drug-likeness (QED) is 0.158. The summed E-state index contributed by atoms with van der Waals surface area (Å²) in [7, 11) is 0. The Morgan fingerprint density at radius 3 is 2.26 bits per heavy atom. The largest absolute Gasteiger partial charge is 0.423 e. The van der Waals surface area contributed by atoms with Crippen molar-refractivity contribution in [3.05, 3.63) is 110 Å². The minimum atomic E-state index is -0.676. The maximum atomic E-state index is 13.1. The second-order valence-corrected chi connectivity index (χ2v) is 8.15. The van der Waals surface area contributed by atoms with Crippen LogP contribution >= 0.6 is 11.8 Å². The first kappa shape index (κ1) is 22.9. The monoisotopic (exact) mass is 478 g/mol. The third-order valence-electron chi connectivity index (χ3n) is 4.83. The number of nitro groups is 1. The molecule has 0 aliphatic carbocycles. The molecule has 1 heterocycles. The van der Waals surface area contributed by atoms with E-state index in [4.69, 9.17) is 4.74 Å². The fourth-order valence-electron chi connectivity index (χ4n) is 3.08. The molecule has 0 atom stereocenters. The second kappa shape index (κ2) is 9.67. The van der Waals surface area contributed by atoms with Gasteiger partial charge in [0.05, 0.1) is 21.9 Å². The summed E-state index contributed by atoms with van der Waals surface area (Å²) in [5, 5.41) is 10.3. The molecule has 0 bridgehead atoms. The van der Waals surface area contributed by atoms with Crippen LogP contribution in [-0.2, 0) is 11.3 Å². The predicted octanol–water partition coefficient (Wildman–Crippen LogP) is 5.19. The lowest BCUT2D eigenvalue weighted by molar-refractivity contribution is -0.384. The van der Waals surface area contributed by atoms with E-state index in [0.717, 1.165) is 16.7 Å². The van der Waals surface area contributed by atoms with Crippen LogP contribution in [-0.4, -0.2) is 26.9 Å². The standard InChI is InChI=1S/C24H15FN2O6S/c25-18-7-1-16(2-8-18)14-26-22(28)21(34-24(26)30)13-15-3-11-20(12-4-15)33-23(29)17-5-9-19(10-6-17)27(31)32/h1-13H,14H2/b21-13-. The molecule has 1 aliphatic heterocycles. The van der Waals surface area contributed by atoms with Crippen molar-refractivity contribution in [1.29, 1.82) is 0 Å².